The van der Waals surface area contributed by atoms with Crippen molar-refractivity contribution in [3.8, 4) is 12.3 Å². The maximum Gasteiger partial charge on any atom is 0.193 e. The summed E-state index contributed by atoms with van der Waals surface area (Å²) in [5.41, 5.74) is 1.24. The number of aliphatic imine (C=N–C) groups is 1. The molecule has 0 aliphatic rings. The molecule has 5 heteroatoms. The van der Waals surface area contributed by atoms with E-state index in [4.69, 9.17) is 6.42 Å². The van der Waals surface area contributed by atoms with Gasteiger partial charge in [-0.1, -0.05) is 0 Å². The van der Waals surface area contributed by atoms with Crippen molar-refractivity contribution < 1.29 is 0 Å². The average molecular weight is 360 g/mol. The van der Waals surface area contributed by atoms with Crippen LogP contribution in [0.2, 0.25) is 0 Å². The van der Waals surface area contributed by atoms with Gasteiger partial charge in [0.1, 0.15) is 0 Å². The Morgan fingerprint density at radius 3 is 2.83 bits per heavy atom. The summed E-state index contributed by atoms with van der Waals surface area (Å²) in [6.45, 7) is 1.57. The van der Waals surface area contributed by atoms with Crippen molar-refractivity contribution in [1.82, 2.24) is 14.8 Å². The highest BCUT2D eigenvalue weighted by Gasteiger charge is 2.07. The van der Waals surface area contributed by atoms with E-state index >= 15 is 0 Å². The zero-order valence-corrected chi connectivity index (χ0v) is 13.5. The highest BCUT2D eigenvalue weighted by molar-refractivity contribution is 14.0. The monoisotopic (exact) mass is 360 g/mol. The second kappa shape index (κ2) is 8.86. The molecule has 1 N–H and O–H groups in total. The Kier molecular flexibility index (Phi) is 8.29. The van der Waals surface area contributed by atoms with E-state index < -0.39 is 0 Å². The Bertz CT molecular complexity index is 417. The predicted octanol–water partition coefficient (Wildman–Crippen LogP) is 1.67. The number of terminal acetylenes is 1. The standard InChI is InChI=1S/C13H20N4.HI/c1-5-6-9-15-13(14-2)17(4)11-12-8-7-10-16(12)3;/h1,7-8,10H,6,9,11H2,2-4H3,(H,14,15);1H. The van der Waals surface area contributed by atoms with Crippen LogP contribution in [0.15, 0.2) is 23.3 Å². The number of aryl methyl sites for hydroxylation is 1. The highest BCUT2D eigenvalue weighted by Crippen LogP contribution is 2.03. The lowest BCUT2D eigenvalue weighted by Crippen LogP contribution is -2.39. The molecule has 0 spiro atoms. The van der Waals surface area contributed by atoms with Crippen molar-refractivity contribution in [2.75, 3.05) is 20.6 Å². The number of hydrogen-bond donors (Lipinski definition) is 1. The van der Waals surface area contributed by atoms with E-state index in [1.165, 1.54) is 5.69 Å². The van der Waals surface area contributed by atoms with Crippen LogP contribution in [0.4, 0.5) is 0 Å². The molecule has 0 fully saturated rings. The third-order valence-electron chi connectivity index (χ3n) is 2.58. The van der Waals surface area contributed by atoms with Crippen molar-refractivity contribution in [2.45, 2.75) is 13.0 Å². The Hall–Kier alpha value is -1.16. The van der Waals surface area contributed by atoms with Gasteiger partial charge in [-0.25, -0.2) is 0 Å². The first-order valence-corrected chi connectivity index (χ1v) is 5.64. The van der Waals surface area contributed by atoms with Crippen LogP contribution in [0.25, 0.3) is 0 Å². The molecule has 0 amide bonds. The van der Waals surface area contributed by atoms with Crippen LogP contribution >= 0.6 is 24.0 Å². The van der Waals surface area contributed by atoms with Crippen molar-refractivity contribution in [1.29, 1.82) is 0 Å². The molecule has 0 radical (unpaired) electrons. The van der Waals surface area contributed by atoms with E-state index in [2.05, 4.69) is 31.8 Å². The van der Waals surface area contributed by atoms with E-state index in [-0.39, 0.29) is 24.0 Å². The first-order chi connectivity index (χ1) is 8.19. The van der Waals surface area contributed by atoms with Crippen LogP contribution < -0.4 is 5.32 Å². The van der Waals surface area contributed by atoms with Crippen molar-refractivity contribution >= 4 is 29.9 Å². The van der Waals surface area contributed by atoms with Crippen LogP contribution in [0.3, 0.4) is 0 Å². The fourth-order valence-electron chi connectivity index (χ4n) is 1.61. The summed E-state index contributed by atoms with van der Waals surface area (Å²) in [6, 6.07) is 4.14. The molecule has 1 aromatic heterocycles. The van der Waals surface area contributed by atoms with E-state index in [1.807, 2.05) is 26.4 Å². The lowest BCUT2D eigenvalue weighted by Gasteiger charge is -2.22. The molecule has 1 aromatic rings. The zero-order chi connectivity index (χ0) is 12.7. The number of nitrogens with zero attached hydrogens (tertiary/aromatic N) is 3. The van der Waals surface area contributed by atoms with Gasteiger partial charge in [0.05, 0.1) is 6.54 Å². The maximum atomic E-state index is 5.22. The number of rotatable bonds is 4. The highest BCUT2D eigenvalue weighted by atomic mass is 127. The number of nitrogens with one attached hydrogen (secondary N) is 1. The molecule has 0 saturated heterocycles. The molecular weight excluding hydrogens is 339 g/mol. The third kappa shape index (κ3) is 5.00. The smallest absolute Gasteiger partial charge is 0.193 e. The van der Waals surface area contributed by atoms with Crippen molar-refractivity contribution in [3.63, 3.8) is 0 Å². The molecule has 0 aromatic carbocycles. The van der Waals surface area contributed by atoms with Crippen LogP contribution in [0.5, 0.6) is 0 Å². The molecule has 1 rings (SSSR count). The summed E-state index contributed by atoms with van der Waals surface area (Å²) < 4.78 is 2.10. The molecule has 1 heterocycles. The second-order valence-corrected chi connectivity index (χ2v) is 3.89. The second-order valence-electron chi connectivity index (χ2n) is 3.89. The van der Waals surface area contributed by atoms with E-state index in [0.29, 0.717) is 6.42 Å². The van der Waals surface area contributed by atoms with E-state index in [0.717, 1.165) is 19.0 Å². The average Bonchev–Trinajstić information content (AvgIpc) is 2.70. The molecular formula is C13H21IN4. The van der Waals surface area contributed by atoms with Crippen LogP contribution in [-0.2, 0) is 13.6 Å². The number of aromatic nitrogens is 1. The van der Waals surface area contributed by atoms with Gasteiger partial charge in [-0.15, -0.1) is 36.3 Å². The molecule has 0 aliphatic carbocycles. The maximum absolute atomic E-state index is 5.22. The topological polar surface area (TPSA) is 32.6 Å². The Morgan fingerprint density at radius 1 is 1.61 bits per heavy atom. The van der Waals surface area contributed by atoms with Crippen LogP contribution in [0.1, 0.15) is 12.1 Å². The summed E-state index contributed by atoms with van der Waals surface area (Å²) in [4.78, 5) is 6.30. The van der Waals surface area contributed by atoms with Crippen LogP contribution in [-0.4, -0.2) is 36.1 Å². The summed E-state index contributed by atoms with van der Waals surface area (Å²) in [6.07, 6.45) is 7.96. The van der Waals surface area contributed by atoms with E-state index in [1.54, 1.807) is 7.05 Å². The fourth-order valence-corrected chi connectivity index (χ4v) is 1.61. The van der Waals surface area contributed by atoms with Crippen molar-refractivity contribution in [3.05, 3.63) is 24.0 Å². The van der Waals surface area contributed by atoms with Gasteiger partial charge in [-0.05, 0) is 12.1 Å². The predicted molar refractivity (Wildman–Crippen MR) is 87.1 cm³/mol. The molecule has 0 atom stereocenters. The Labute approximate surface area is 126 Å². The lowest BCUT2D eigenvalue weighted by molar-refractivity contribution is 0.463. The van der Waals surface area contributed by atoms with Crippen molar-refractivity contribution in [2.24, 2.45) is 12.0 Å². The summed E-state index contributed by atoms with van der Waals surface area (Å²) >= 11 is 0. The Morgan fingerprint density at radius 2 is 2.33 bits per heavy atom. The first-order valence-electron chi connectivity index (χ1n) is 5.64. The van der Waals surface area contributed by atoms with Gasteiger partial charge in [0.25, 0.3) is 0 Å². The third-order valence-corrected chi connectivity index (χ3v) is 2.58. The van der Waals surface area contributed by atoms with E-state index in [9.17, 15) is 0 Å². The van der Waals surface area contributed by atoms with Gasteiger partial charge in [0.15, 0.2) is 5.96 Å². The van der Waals surface area contributed by atoms with Gasteiger partial charge in [0, 0.05) is 46.0 Å². The van der Waals surface area contributed by atoms with Gasteiger partial charge in [-0.3, -0.25) is 4.99 Å². The largest absolute Gasteiger partial charge is 0.355 e. The number of guanidine groups is 1. The number of hydrogen-bond acceptors (Lipinski definition) is 1. The molecule has 0 saturated carbocycles. The van der Waals surface area contributed by atoms with Gasteiger partial charge in [-0.2, -0.15) is 0 Å². The van der Waals surface area contributed by atoms with Crippen LogP contribution in [0, 0.1) is 12.3 Å². The SMILES string of the molecule is C#CCCNC(=NC)N(C)Cc1cccn1C.I. The van der Waals surface area contributed by atoms with Gasteiger partial charge >= 0.3 is 0 Å². The van der Waals surface area contributed by atoms with Gasteiger partial charge in [0.2, 0.25) is 0 Å². The minimum Gasteiger partial charge on any atom is -0.355 e. The molecule has 100 valence electrons. The fraction of sp³-hybridized carbons (Fsp3) is 0.462. The molecule has 18 heavy (non-hydrogen) atoms. The molecule has 4 nitrogen and oxygen atoms in total. The molecule has 0 bridgehead atoms. The zero-order valence-electron chi connectivity index (χ0n) is 11.2. The minimum atomic E-state index is 0. The molecule has 0 aliphatic heterocycles. The summed E-state index contributed by atoms with van der Waals surface area (Å²) in [7, 11) is 5.83. The first kappa shape index (κ1) is 16.8. The minimum absolute atomic E-state index is 0. The molecule has 0 unspecified atom stereocenters. The van der Waals surface area contributed by atoms with Gasteiger partial charge < -0.3 is 14.8 Å². The normalized spacial score (nSPS) is 10.4. The number of halogens is 1. The quantitative estimate of drug-likeness (QED) is 0.291. The summed E-state index contributed by atoms with van der Waals surface area (Å²) in [5.74, 6) is 3.46. The summed E-state index contributed by atoms with van der Waals surface area (Å²) in [5, 5.41) is 3.23. The lowest BCUT2D eigenvalue weighted by atomic mass is 10.4. The Balaban J connectivity index is 0.00000289.